The first-order valence-electron chi connectivity index (χ1n) is 5.64. The zero-order chi connectivity index (χ0) is 11.6. The van der Waals surface area contributed by atoms with Crippen LogP contribution in [-0.4, -0.2) is 11.5 Å². The largest absolute Gasteiger partial charge is 0.330 e. The molecule has 4 heteroatoms. The highest BCUT2D eigenvalue weighted by molar-refractivity contribution is 5.46. The first kappa shape index (κ1) is 11.1. The van der Waals surface area contributed by atoms with Crippen molar-refractivity contribution < 1.29 is 4.92 Å². The SMILES string of the molecule is NCCC1(c2ccccc2[N+](=O)[O-])CCC1. The van der Waals surface area contributed by atoms with Gasteiger partial charge in [0.05, 0.1) is 4.92 Å². The van der Waals surface area contributed by atoms with Crippen LogP contribution in [0.4, 0.5) is 5.69 Å². The molecule has 0 unspecified atom stereocenters. The molecule has 1 saturated carbocycles. The predicted octanol–water partition coefficient (Wildman–Crippen LogP) is 2.37. The van der Waals surface area contributed by atoms with Gasteiger partial charge in [-0.15, -0.1) is 0 Å². The molecule has 4 nitrogen and oxygen atoms in total. The van der Waals surface area contributed by atoms with E-state index in [-0.39, 0.29) is 16.0 Å². The molecule has 0 aliphatic heterocycles. The Morgan fingerprint density at radius 2 is 2.06 bits per heavy atom. The minimum absolute atomic E-state index is 0.0294. The summed E-state index contributed by atoms with van der Waals surface area (Å²) in [5.74, 6) is 0. The highest BCUT2D eigenvalue weighted by Crippen LogP contribution is 2.48. The van der Waals surface area contributed by atoms with Crippen molar-refractivity contribution in [2.75, 3.05) is 6.54 Å². The van der Waals surface area contributed by atoms with Gasteiger partial charge in [-0.3, -0.25) is 10.1 Å². The number of nitrogens with two attached hydrogens (primary N) is 1. The Kier molecular flexibility index (Phi) is 2.92. The highest BCUT2D eigenvalue weighted by Gasteiger charge is 2.41. The maximum Gasteiger partial charge on any atom is 0.273 e. The molecule has 0 radical (unpaired) electrons. The molecule has 0 atom stereocenters. The van der Waals surface area contributed by atoms with Crippen LogP contribution in [0.2, 0.25) is 0 Å². The Balaban J connectivity index is 2.41. The number of para-hydroxylation sites is 1. The van der Waals surface area contributed by atoms with Crippen LogP contribution >= 0.6 is 0 Å². The van der Waals surface area contributed by atoms with Crippen LogP contribution in [0.15, 0.2) is 24.3 Å². The third kappa shape index (κ3) is 1.69. The summed E-state index contributed by atoms with van der Waals surface area (Å²) in [5.41, 5.74) is 6.71. The molecular formula is C12H16N2O2. The maximum absolute atomic E-state index is 11.0. The monoisotopic (exact) mass is 220 g/mol. The third-order valence-corrected chi connectivity index (χ3v) is 3.61. The zero-order valence-corrected chi connectivity index (χ0v) is 9.19. The molecular weight excluding hydrogens is 204 g/mol. The summed E-state index contributed by atoms with van der Waals surface area (Å²) in [7, 11) is 0. The Bertz CT molecular complexity index is 400. The molecule has 0 amide bonds. The molecule has 0 heterocycles. The lowest BCUT2D eigenvalue weighted by Crippen LogP contribution is -2.36. The van der Waals surface area contributed by atoms with Crippen LogP contribution in [0, 0.1) is 10.1 Å². The molecule has 2 N–H and O–H groups in total. The minimum atomic E-state index is -0.286. The highest BCUT2D eigenvalue weighted by atomic mass is 16.6. The lowest BCUT2D eigenvalue weighted by atomic mass is 9.62. The van der Waals surface area contributed by atoms with Gasteiger partial charge >= 0.3 is 0 Å². The van der Waals surface area contributed by atoms with Crippen LogP contribution in [0.25, 0.3) is 0 Å². The molecule has 16 heavy (non-hydrogen) atoms. The number of nitro benzene ring substituents is 1. The van der Waals surface area contributed by atoms with Crippen molar-refractivity contribution in [3.05, 3.63) is 39.9 Å². The molecule has 2 rings (SSSR count). The molecule has 1 aliphatic carbocycles. The molecule has 1 aromatic carbocycles. The summed E-state index contributed by atoms with van der Waals surface area (Å²) in [6, 6.07) is 7.06. The lowest BCUT2D eigenvalue weighted by Gasteiger charge is -2.41. The van der Waals surface area contributed by atoms with Crippen LogP contribution < -0.4 is 5.73 Å². The van der Waals surface area contributed by atoms with E-state index < -0.39 is 0 Å². The number of hydrogen-bond acceptors (Lipinski definition) is 3. The van der Waals surface area contributed by atoms with Crippen LogP contribution in [0.3, 0.4) is 0 Å². The van der Waals surface area contributed by atoms with Gasteiger partial charge in [0.15, 0.2) is 0 Å². The average molecular weight is 220 g/mol. The molecule has 0 saturated heterocycles. The Morgan fingerprint density at radius 1 is 1.38 bits per heavy atom. The molecule has 1 aromatic rings. The van der Waals surface area contributed by atoms with Crippen LogP contribution in [-0.2, 0) is 5.41 Å². The van der Waals surface area contributed by atoms with E-state index >= 15 is 0 Å². The molecule has 86 valence electrons. The molecule has 1 fully saturated rings. The van der Waals surface area contributed by atoms with Gasteiger partial charge in [0.25, 0.3) is 5.69 Å². The van der Waals surface area contributed by atoms with Gasteiger partial charge < -0.3 is 5.73 Å². The normalized spacial score (nSPS) is 17.8. The van der Waals surface area contributed by atoms with Crippen molar-refractivity contribution in [3.8, 4) is 0 Å². The molecule has 0 aromatic heterocycles. The van der Waals surface area contributed by atoms with Gasteiger partial charge in [0, 0.05) is 17.0 Å². The number of rotatable bonds is 4. The van der Waals surface area contributed by atoms with Crippen LogP contribution in [0.1, 0.15) is 31.2 Å². The third-order valence-electron chi connectivity index (χ3n) is 3.61. The Hall–Kier alpha value is -1.42. The number of nitro groups is 1. The second-order valence-electron chi connectivity index (χ2n) is 4.45. The van der Waals surface area contributed by atoms with Gasteiger partial charge in [-0.2, -0.15) is 0 Å². The topological polar surface area (TPSA) is 69.2 Å². The van der Waals surface area contributed by atoms with Crippen molar-refractivity contribution in [1.29, 1.82) is 0 Å². The van der Waals surface area contributed by atoms with E-state index in [1.165, 1.54) is 0 Å². The van der Waals surface area contributed by atoms with Gasteiger partial charge in [0.2, 0.25) is 0 Å². The summed E-state index contributed by atoms with van der Waals surface area (Å²) in [4.78, 5) is 10.7. The van der Waals surface area contributed by atoms with Crippen LogP contribution in [0.5, 0.6) is 0 Å². The smallest absolute Gasteiger partial charge is 0.273 e. The van der Waals surface area contributed by atoms with Gasteiger partial charge in [-0.1, -0.05) is 24.6 Å². The molecule has 1 aliphatic rings. The summed E-state index contributed by atoms with van der Waals surface area (Å²) < 4.78 is 0. The van der Waals surface area contributed by atoms with E-state index in [2.05, 4.69) is 0 Å². The number of hydrogen-bond donors (Lipinski definition) is 1. The fraction of sp³-hybridized carbons (Fsp3) is 0.500. The van der Waals surface area contributed by atoms with E-state index in [0.29, 0.717) is 6.54 Å². The fourth-order valence-electron chi connectivity index (χ4n) is 2.62. The van der Waals surface area contributed by atoms with E-state index in [1.54, 1.807) is 12.1 Å². The minimum Gasteiger partial charge on any atom is -0.330 e. The van der Waals surface area contributed by atoms with Crippen molar-refractivity contribution in [2.45, 2.75) is 31.1 Å². The standard InChI is InChI=1S/C12H16N2O2/c13-9-8-12(6-3-7-12)10-4-1-2-5-11(10)14(15)16/h1-2,4-5H,3,6-9,13H2. The van der Waals surface area contributed by atoms with Gasteiger partial charge in [-0.05, 0) is 25.8 Å². The molecule has 0 spiro atoms. The Morgan fingerprint density at radius 3 is 2.56 bits per heavy atom. The number of nitrogens with zero attached hydrogens (tertiary/aromatic N) is 1. The lowest BCUT2D eigenvalue weighted by molar-refractivity contribution is -0.386. The summed E-state index contributed by atoms with van der Waals surface area (Å²) in [6.07, 6.45) is 4.04. The van der Waals surface area contributed by atoms with E-state index in [0.717, 1.165) is 31.2 Å². The summed E-state index contributed by atoms with van der Waals surface area (Å²) >= 11 is 0. The van der Waals surface area contributed by atoms with Crippen molar-refractivity contribution in [3.63, 3.8) is 0 Å². The fourth-order valence-corrected chi connectivity index (χ4v) is 2.62. The Labute approximate surface area is 94.6 Å². The predicted molar refractivity (Wildman–Crippen MR) is 62.3 cm³/mol. The average Bonchev–Trinajstić information content (AvgIpc) is 2.23. The van der Waals surface area contributed by atoms with E-state index in [9.17, 15) is 10.1 Å². The van der Waals surface area contributed by atoms with E-state index in [1.807, 2.05) is 12.1 Å². The van der Waals surface area contributed by atoms with E-state index in [4.69, 9.17) is 5.73 Å². The van der Waals surface area contributed by atoms with Crippen molar-refractivity contribution in [1.82, 2.24) is 0 Å². The first-order valence-corrected chi connectivity index (χ1v) is 5.64. The quantitative estimate of drug-likeness (QED) is 0.625. The first-order chi connectivity index (χ1) is 7.69. The van der Waals surface area contributed by atoms with Crippen molar-refractivity contribution in [2.24, 2.45) is 5.73 Å². The summed E-state index contributed by atoms with van der Waals surface area (Å²) in [6.45, 7) is 0.589. The van der Waals surface area contributed by atoms with Crippen molar-refractivity contribution >= 4 is 5.69 Å². The second kappa shape index (κ2) is 4.22. The molecule has 0 bridgehead atoms. The van der Waals surface area contributed by atoms with Gasteiger partial charge in [-0.25, -0.2) is 0 Å². The maximum atomic E-state index is 11.0. The zero-order valence-electron chi connectivity index (χ0n) is 9.19. The second-order valence-corrected chi connectivity index (χ2v) is 4.45. The summed E-state index contributed by atoms with van der Waals surface area (Å²) in [5, 5.41) is 11.0. The van der Waals surface area contributed by atoms with Gasteiger partial charge in [0.1, 0.15) is 0 Å². The number of benzene rings is 1.